The maximum Gasteiger partial charge on any atom is 0.254 e. The Morgan fingerprint density at radius 3 is 2.62 bits per heavy atom. The summed E-state index contributed by atoms with van der Waals surface area (Å²) in [5.74, 6) is -0.0882. The van der Waals surface area contributed by atoms with Gasteiger partial charge in [-0.05, 0) is 58.2 Å². The molecule has 2 aromatic rings. The number of aromatic amines is 1. The molecule has 3 aliphatic heterocycles. The molecule has 200 valence electrons. The maximum absolute atomic E-state index is 13.4. The van der Waals surface area contributed by atoms with E-state index in [4.69, 9.17) is 28.6 Å². The average molecular weight is 550 g/mol. The molecule has 1 atom stereocenters. The van der Waals surface area contributed by atoms with Crippen molar-refractivity contribution in [1.29, 1.82) is 0 Å². The monoisotopic (exact) mass is 549 g/mol. The van der Waals surface area contributed by atoms with Crippen molar-refractivity contribution >= 4 is 29.3 Å². The third-order valence-corrected chi connectivity index (χ3v) is 8.54. The van der Waals surface area contributed by atoms with Gasteiger partial charge >= 0.3 is 0 Å². The molecule has 37 heavy (non-hydrogen) atoms. The zero-order chi connectivity index (χ0) is 28.1. The lowest BCUT2D eigenvalue weighted by Gasteiger charge is -2.40. The van der Waals surface area contributed by atoms with Gasteiger partial charge in [-0.25, -0.2) is 0 Å². The second-order valence-electron chi connectivity index (χ2n) is 10.2. The number of aryl methyl sites for hydroxylation is 1. The van der Waals surface area contributed by atoms with Crippen LogP contribution in [0.5, 0.6) is 11.5 Å². The van der Waals surface area contributed by atoms with Crippen LogP contribution in [0.15, 0.2) is 21.8 Å². The lowest BCUT2D eigenvalue weighted by Crippen LogP contribution is -2.50. The Bertz CT molecular complexity index is 1340. The van der Waals surface area contributed by atoms with Crippen LogP contribution < -0.4 is 20.3 Å². The molecular formula is C27H34ClN3O5S. The fourth-order valence-corrected chi connectivity index (χ4v) is 6.14. The number of carbonyl (C=O) groups is 1. The number of nitrogens with zero attached hydrogens (tertiary/aromatic N) is 1. The lowest BCUT2D eigenvalue weighted by molar-refractivity contribution is -0.128. The number of ether oxygens (including phenoxy) is 3. The van der Waals surface area contributed by atoms with Crippen LogP contribution in [0.1, 0.15) is 49.7 Å². The van der Waals surface area contributed by atoms with E-state index in [9.17, 15) is 9.59 Å². The molecule has 0 aliphatic carbocycles. The Hall–Kier alpha value is -2.20. The highest BCUT2D eigenvalue weighted by atomic mass is 35.5. The number of pyridine rings is 1. The van der Waals surface area contributed by atoms with E-state index in [1.807, 2.05) is 6.92 Å². The number of hydrogen-bond donors (Lipinski definition) is 2. The second-order valence-corrected chi connectivity index (χ2v) is 11.4. The summed E-state index contributed by atoms with van der Waals surface area (Å²) in [6, 6.07) is 3.15. The highest BCUT2D eigenvalue weighted by Gasteiger charge is 2.47. The molecule has 2 N–H and O–H groups in total. The van der Waals surface area contributed by atoms with Gasteiger partial charge in [-0.3, -0.25) is 9.59 Å². The molecule has 4 heterocycles. The van der Waals surface area contributed by atoms with Gasteiger partial charge in [0, 0.05) is 59.1 Å². The van der Waals surface area contributed by atoms with Crippen LogP contribution in [0, 0.1) is 25.7 Å². The van der Waals surface area contributed by atoms with Gasteiger partial charge in [0.05, 0.1) is 21.0 Å². The molecule has 0 spiro atoms. The Morgan fingerprint density at radius 1 is 1.27 bits per heavy atom. The highest BCUT2D eigenvalue weighted by molar-refractivity contribution is 7.98. The number of likely N-dealkylation sites (tertiary alicyclic amines) is 1. The zero-order valence-electron chi connectivity index (χ0n) is 23.5. The van der Waals surface area contributed by atoms with Gasteiger partial charge in [0.25, 0.3) is 17.3 Å². The van der Waals surface area contributed by atoms with Gasteiger partial charge in [-0.15, -0.1) is 11.8 Å². The molecule has 10 heteroatoms. The van der Waals surface area contributed by atoms with Crippen LogP contribution >= 0.6 is 23.4 Å². The van der Waals surface area contributed by atoms with Gasteiger partial charge in [0.1, 0.15) is 0 Å². The lowest BCUT2D eigenvalue weighted by atomic mass is 9.88. The first kappa shape index (κ1) is 23.9. The number of halogens is 1. The minimum absolute atomic E-state index is 0.138. The van der Waals surface area contributed by atoms with E-state index in [1.165, 1.54) is 17.8 Å². The number of benzene rings is 1. The van der Waals surface area contributed by atoms with E-state index in [2.05, 4.69) is 15.2 Å². The number of fused-ring (bicyclic) bond motifs is 1. The van der Waals surface area contributed by atoms with Crippen LogP contribution in [0.4, 0.5) is 0 Å². The number of thioether (sulfide) groups is 1. The number of aromatic nitrogens is 1. The van der Waals surface area contributed by atoms with Crippen molar-refractivity contribution in [2.24, 2.45) is 11.8 Å². The minimum Gasteiger partial charge on any atom is -0.448 e. The van der Waals surface area contributed by atoms with Crippen molar-refractivity contribution in [3.63, 3.8) is 0 Å². The van der Waals surface area contributed by atoms with Crippen LogP contribution in [0.25, 0.3) is 0 Å². The van der Waals surface area contributed by atoms with Crippen molar-refractivity contribution in [2.75, 3.05) is 39.1 Å². The number of piperidine rings is 1. The normalized spacial score (nSPS) is 23.4. The highest BCUT2D eigenvalue weighted by Crippen LogP contribution is 2.51. The van der Waals surface area contributed by atoms with Crippen molar-refractivity contribution in [2.45, 2.75) is 50.8 Å². The quantitative estimate of drug-likeness (QED) is 0.501. The zero-order valence-corrected chi connectivity index (χ0v) is 23.1. The van der Waals surface area contributed by atoms with E-state index < -0.39 is 23.8 Å². The Labute approximate surface area is 229 Å². The van der Waals surface area contributed by atoms with E-state index in [0.717, 1.165) is 45.7 Å². The standard InChI is InChI=1S/C27H34ClN3O5S/c1-15-9-22(37-4)20(26(33)30-15)11-29-25(32)19-10-21(28)24-23(16(19)2)35-27(3,36-24)18-5-7-31(8-6-18)12-17-13-34-14-17/h9-10,17-18H,5-8,11-14H2,1-4H3,(H,29,32)(H,30,33)/t27-/m1/s1/i11D2. The summed E-state index contributed by atoms with van der Waals surface area (Å²) >= 11 is 7.82. The predicted molar refractivity (Wildman–Crippen MR) is 144 cm³/mol. The summed E-state index contributed by atoms with van der Waals surface area (Å²) in [6.07, 6.45) is 3.57. The first-order valence-electron chi connectivity index (χ1n) is 13.5. The molecule has 1 aromatic heterocycles. The van der Waals surface area contributed by atoms with E-state index in [0.29, 0.717) is 33.6 Å². The molecule has 0 bridgehead atoms. The number of H-pyrrole nitrogens is 1. The molecule has 0 radical (unpaired) electrons. The van der Waals surface area contributed by atoms with Gasteiger partial charge < -0.3 is 29.4 Å². The molecule has 0 unspecified atom stereocenters. The Balaban J connectivity index is 1.34. The topological polar surface area (TPSA) is 92.9 Å². The summed E-state index contributed by atoms with van der Waals surface area (Å²) < 4.78 is 35.1. The Kier molecular flexibility index (Phi) is 6.79. The first-order chi connectivity index (χ1) is 18.4. The summed E-state index contributed by atoms with van der Waals surface area (Å²) in [5, 5.41) is 2.60. The number of amides is 1. The summed E-state index contributed by atoms with van der Waals surface area (Å²) in [6.45, 7) is 7.56. The smallest absolute Gasteiger partial charge is 0.254 e. The van der Waals surface area contributed by atoms with Crippen molar-refractivity contribution in [3.05, 3.63) is 49.9 Å². The van der Waals surface area contributed by atoms with E-state index in [-0.39, 0.29) is 22.1 Å². The number of carbonyl (C=O) groups excluding carboxylic acids is 1. The third-order valence-electron chi connectivity index (χ3n) is 7.50. The number of hydrogen-bond acceptors (Lipinski definition) is 7. The molecular weight excluding hydrogens is 514 g/mol. The van der Waals surface area contributed by atoms with Crippen LogP contribution in [-0.4, -0.2) is 60.7 Å². The van der Waals surface area contributed by atoms with Crippen molar-refractivity contribution < 1.29 is 21.7 Å². The summed E-state index contributed by atoms with van der Waals surface area (Å²) in [4.78, 5) is 31.5. The molecule has 2 fully saturated rings. The third kappa shape index (κ3) is 5.24. The molecule has 2 saturated heterocycles. The second kappa shape index (κ2) is 10.5. The number of rotatable bonds is 7. The van der Waals surface area contributed by atoms with Gasteiger partial charge in [-0.1, -0.05) is 11.6 Å². The van der Waals surface area contributed by atoms with Crippen LogP contribution in [0.2, 0.25) is 5.02 Å². The SMILES string of the molecule is [2H]C([2H])(NC(=O)c1cc(Cl)c2c(c1C)O[C@@](C)(C1CCN(CC3COC3)CC1)O2)c1c(SC)cc(C)[nH]c1=O. The largest absolute Gasteiger partial charge is 0.448 e. The maximum atomic E-state index is 13.4. The van der Waals surface area contributed by atoms with Crippen molar-refractivity contribution in [3.8, 4) is 11.5 Å². The molecule has 3 aliphatic rings. The fourth-order valence-electron chi connectivity index (χ4n) is 5.27. The summed E-state index contributed by atoms with van der Waals surface area (Å²) in [5.41, 5.74) is 0.518. The van der Waals surface area contributed by atoms with Crippen LogP contribution in [0.3, 0.4) is 0 Å². The van der Waals surface area contributed by atoms with Gasteiger partial charge in [0.2, 0.25) is 0 Å². The summed E-state index contributed by atoms with van der Waals surface area (Å²) in [7, 11) is 0. The first-order valence-corrected chi connectivity index (χ1v) is 14.1. The fraction of sp³-hybridized carbons (Fsp3) is 0.556. The van der Waals surface area contributed by atoms with E-state index >= 15 is 0 Å². The van der Waals surface area contributed by atoms with E-state index in [1.54, 1.807) is 26.2 Å². The number of nitrogens with one attached hydrogen (secondary N) is 2. The van der Waals surface area contributed by atoms with Gasteiger partial charge in [0.15, 0.2) is 11.5 Å². The molecule has 1 aromatic carbocycles. The molecule has 8 nitrogen and oxygen atoms in total. The molecule has 0 saturated carbocycles. The molecule has 1 amide bonds. The Morgan fingerprint density at radius 2 is 1.97 bits per heavy atom. The van der Waals surface area contributed by atoms with Crippen LogP contribution in [-0.2, 0) is 11.2 Å². The minimum atomic E-state index is -2.43. The van der Waals surface area contributed by atoms with Crippen molar-refractivity contribution in [1.82, 2.24) is 15.2 Å². The van der Waals surface area contributed by atoms with Gasteiger partial charge in [-0.2, -0.15) is 0 Å². The molecule has 5 rings (SSSR count). The predicted octanol–water partition coefficient (Wildman–Crippen LogP) is 4.14. The average Bonchev–Trinajstić information content (AvgIpc) is 3.22.